The molecule has 1 amide bonds. The first-order chi connectivity index (χ1) is 17.2. The molecule has 0 saturated carbocycles. The molecule has 0 fully saturated rings. The van der Waals surface area contributed by atoms with E-state index in [2.05, 4.69) is 23.3 Å². The van der Waals surface area contributed by atoms with Crippen molar-refractivity contribution in [3.05, 3.63) is 75.2 Å². The quantitative estimate of drug-likeness (QED) is 0.119. The molecule has 0 aliphatic rings. The second-order valence-electron chi connectivity index (χ2n) is 9.12. The predicted molar refractivity (Wildman–Crippen MR) is 141 cm³/mol. The van der Waals surface area contributed by atoms with Crippen LogP contribution in [0.3, 0.4) is 0 Å². The zero-order valence-corrected chi connectivity index (χ0v) is 21.8. The Labute approximate surface area is 213 Å². The number of nitrogens with zero attached hydrogens (tertiary/aromatic N) is 4. The number of amides is 1. The van der Waals surface area contributed by atoms with Gasteiger partial charge in [0, 0.05) is 28.9 Å². The minimum atomic E-state index is -3.95. The van der Waals surface area contributed by atoms with Gasteiger partial charge in [-0.05, 0) is 52.6 Å². The number of aromatic hydroxyl groups is 1. The summed E-state index contributed by atoms with van der Waals surface area (Å²) in [6, 6.07) is 13.4. The molecule has 0 radical (unpaired) electrons. The first-order valence-electron chi connectivity index (χ1n) is 12.3. The van der Waals surface area contributed by atoms with Crippen LogP contribution in [0.2, 0.25) is 0 Å². The van der Waals surface area contributed by atoms with E-state index in [0.29, 0.717) is 6.42 Å². The van der Waals surface area contributed by atoms with Crippen LogP contribution in [0, 0.1) is 0 Å². The highest BCUT2D eigenvalue weighted by molar-refractivity contribution is 7.89. The van der Waals surface area contributed by atoms with Crippen molar-refractivity contribution < 1.29 is 23.4 Å². The van der Waals surface area contributed by atoms with E-state index in [1.54, 1.807) is 0 Å². The lowest BCUT2D eigenvalue weighted by molar-refractivity contribution is 0.142. The van der Waals surface area contributed by atoms with Crippen molar-refractivity contribution in [2.75, 3.05) is 12.3 Å². The Hall–Kier alpha value is -3.23. The molecule has 0 saturated heterocycles. The third kappa shape index (κ3) is 9.43. The van der Waals surface area contributed by atoms with E-state index in [-0.39, 0.29) is 31.2 Å². The van der Waals surface area contributed by atoms with E-state index in [0.717, 1.165) is 52.8 Å². The Bertz CT molecular complexity index is 1150. The molecule has 196 valence electrons. The lowest BCUT2D eigenvalue weighted by atomic mass is 9.89. The fourth-order valence-corrected chi connectivity index (χ4v) is 4.92. The Kier molecular flexibility index (Phi) is 11.6. The van der Waals surface area contributed by atoms with Gasteiger partial charge in [0.1, 0.15) is 5.75 Å². The molecule has 2 rings (SSSR count). The molecule has 0 aromatic heterocycles. The number of hydrogen-bond acceptors (Lipinski definition) is 4. The number of sulfonamides is 1. The number of hydrogen-bond donors (Lipinski definition) is 2. The summed E-state index contributed by atoms with van der Waals surface area (Å²) in [6.45, 7) is 4.25. The minimum Gasteiger partial charge on any atom is -0.507 e. The van der Waals surface area contributed by atoms with Crippen molar-refractivity contribution in [3.63, 3.8) is 0 Å². The molecule has 0 aliphatic heterocycles. The summed E-state index contributed by atoms with van der Waals surface area (Å²) in [4.78, 5) is 15.3. The van der Waals surface area contributed by atoms with Crippen LogP contribution in [0.25, 0.3) is 10.4 Å². The number of phenols is 1. The highest BCUT2D eigenvalue weighted by atomic mass is 32.2. The highest BCUT2D eigenvalue weighted by Gasteiger charge is 2.20. The van der Waals surface area contributed by atoms with Gasteiger partial charge in [-0.3, -0.25) is 0 Å². The Morgan fingerprint density at radius 1 is 1.11 bits per heavy atom. The van der Waals surface area contributed by atoms with Crippen LogP contribution in [0.15, 0.2) is 47.0 Å². The Morgan fingerprint density at radius 3 is 2.47 bits per heavy atom. The van der Waals surface area contributed by atoms with Crippen molar-refractivity contribution in [3.8, 4) is 5.75 Å². The standard InChI is InChI=1S/C26H36N4O5S/c1-3-4-5-7-11-20(2)24-18-22(17-23(25(24)31)16-21-12-8-6-9-13-21)19-30(26(32)33)14-10-15-36(34,35)29-28-27/h6,8-9,12-13,17-18,20,31H,3-5,7,10-11,14-16,19H2,1-2H3,(H,32,33). The second kappa shape index (κ2) is 14.4. The molecule has 0 bridgehead atoms. The number of rotatable bonds is 15. The van der Waals surface area contributed by atoms with E-state index in [9.17, 15) is 23.4 Å². The summed E-state index contributed by atoms with van der Waals surface area (Å²) in [6.07, 6.45) is 4.74. The summed E-state index contributed by atoms with van der Waals surface area (Å²) in [5.74, 6) is -0.0908. The van der Waals surface area contributed by atoms with E-state index in [4.69, 9.17) is 5.53 Å². The van der Waals surface area contributed by atoms with Crippen molar-refractivity contribution in [2.24, 2.45) is 4.52 Å². The van der Waals surface area contributed by atoms with Gasteiger partial charge in [0.05, 0.1) is 5.75 Å². The summed E-state index contributed by atoms with van der Waals surface area (Å²) in [5, 5.41) is 20.9. The van der Waals surface area contributed by atoms with Gasteiger partial charge >= 0.3 is 6.09 Å². The van der Waals surface area contributed by atoms with Crippen molar-refractivity contribution in [1.29, 1.82) is 0 Å². The lowest BCUT2D eigenvalue weighted by Crippen LogP contribution is -2.31. The van der Waals surface area contributed by atoms with Gasteiger partial charge in [0.2, 0.25) is 10.0 Å². The topological polar surface area (TPSA) is 144 Å². The van der Waals surface area contributed by atoms with Crippen molar-refractivity contribution in [1.82, 2.24) is 4.90 Å². The number of carbonyl (C=O) groups is 1. The van der Waals surface area contributed by atoms with Gasteiger partial charge in [-0.2, -0.15) is 0 Å². The minimum absolute atomic E-state index is 0.00327. The van der Waals surface area contributed by atoms with Crippen molar-refractivity contribution in [2.45, 2.75) is 71.3 Å². The van der Waals surface area contributed by atoms with Crippen LogP contribution in [0.1, 0.15) is 80.5 Å². The molecule has 2 N–H and O–H groups in total. The van der Waals surface area contributed by atoms with Gasteiger partial charge in [0.25, 0.3) is 0 Å². The normalized spacial score (nSPS) is 12.1. The zero-order chi connectivity index (χ0) is 26.6. The average Bonchev–Trinajstić information content (AvgIpc) is 2.83. The smallest absolute Gasteiger partial charge is 0.407 e. The molecule has 0 heterocycles. The van der Waals surface area contributed by atoms with Gasteiger partial charge in [-0.15, -0.1) is 0 Å². The third-order valence-corrected chi connectivity index (χ3v) is 7.30. The Balaban J connectivity index is 2.29. The number of benzene rings is 2. The number of unbranched alkanes of at least 4 members (excludes halogenated alkanes) is 3. The molecular formula is C26H36N4O5S. The molecule has 1 atom stereocenters. The molecule has 36 heavy (non-hydrogen) atoms. The molecule has 2 aromatic rings. The van der Waals surface area contributed by atoms with Gasteiger partial charge in [-0.25, -0.2) is 13.2 Å². The van der Waals surface area contributed by atoms with Crippen LogP contribution < -0.4 is 0 Å². The molecule has 9 nitrogen and oxygen atoms in total. The maximum absolute atomic E-state index is 11.9. The van der Waals surface area contributed by atoms with Crippen LogP contribution in [-0.4, -0.2) is 41.9 Å². The van der Waals surface area contributed by atoms with Crippen LogP contribution >= 0.6 is 0 Å². The second-order valence-corrected chi connectivity index (χ2v) is 10.9. The van der Waals surface area contributed by atoms with E-state index in [1.807, 2.05) is 42.5 Å². The number of carboxylic acid groups (broad SMARTS) is 1. The summed E-state index contributed by atoms with van der Waals surface area (Å²) in [7, 11) is -3.95. The molecule has 0 spiro atoms. The average molecular weight is 517 g/mol. The molecule has 0 aliphatic carbocycles. The largest absolute Gasteiger partial charge is 0.507 e. The summed E-state index contributed by atoms with van der Waals surface area (Å²) in [5.41, 5.74) is 11.6. The maximum Gasteiger partial charge on any atom is 0.407 e. The Morgan fingerprint density at radius 2 is 1.83 bits per heavy atom. The molecular weight excluding hydrogens is 480 g/mol. The van der Waals surface area contributed by atoms with Gasteiger partial charge in [-0.1, -0.05) is 75.9 Å². The number of phenolic OH excluding ortho intramolecular Hbond substituents is 1. The molecule has 1 unspecified atom stereocenters. The van der Waals surface area contributed by atoms with E-state index < -0.39 is 21.9 Å². The van der Waals surface area contributed by atoms with E-state index >= 15 is 0 Å². The van der Waals surface area contributed by atoms with Crippen LogP contribution in [-0.2, 0) is 23.0 Å². The highest BCUT2D eigenvalue weighted by Crippen LogP contribution is 2.35. The third-order valence-electron chi connectivity index (χ3n) is 6.17. The van der Waals surface area contributed by atoms with E-state index in [1.165, 1.54) is 6.42 Å². The number of azide groups is 1. The summed E-state index contributed by atoms with van der Waals surface area (Å²) >= 11 is 0. The summed E-state index contributed by atoms with van der Waals surface area (Å²) < 4.78 is 26.0. The zero-order valence-electron chi connectivity index (χ0n) is 21.0. The lowest BCUT2D eigenvalue weighted by Gasteiger charge is -2.22. The maximum atomic E-state index is 11.9. The monoisotopic (exact) mass is 516 g/mol. The van der Waals surface area contributed by atoms with Crippen LogP contribution in [0.5, 0.6) is 5.75 Å². The van der Waals surface area contributed by atoms with Crippen LogP contribution in [0.4, 0.5) is 4.79 Å². The van der Waals surface area contributed by atoms with Gasteiger partial charge < -0.3 is 15.1 Å². The fraction of sp³-hybridized carbons (Fsp3) is 0.500. The van der Waals surface area contributed by atoms with Gasteiger partial charge in [0.15, 0.2) is 0 Å². The SMILES string of the molecule is CCCCCCC(C)c1cc(CN(CCCS(=O)(=O)N=[N+]=[N-])C(=O)O)cc(Cc2ccccc2)c1O. The molecule has 2 aromatic carbocycles. The fourth-order valence-electron chi connectivity index (χ4n) is 4.23. The predicted octanol–water partition coefficient (Wildman–Crippen LogP) is 6.57. The first-order valence-corrected chi connectivity index (χ1v) is 13.9. The van der Waals surface area contributed by atoms with Crippen molar-refractivity contribution >= 4 is 16.1 Å². The molecule has 10 heteroatoms. The first kappa shape index (κ1) is 29.0.